The molecule has 2 aliphatic heterocycles. The maximum absolute atomic E-state index is 11.5. The highest BCUT2D eigenvalue weighted by atomic mass is 16.5. The first-order valence-electron chi connectivity index (χ1n) is 4.92. The summed E-state index contributed by atoms with van der Waals surface area (Å²) in [6.45, 7) is 5.10. The van der Waals surface area contributed by atoms with Crippen LogP contribution in [0.2, 0.25) is 0 Å². The van der Waals surface area contributed by atoms with E-state index in [0.717, 1.165) is 26.2 Å². The second kappa shape index (κ2) is 4.07. The monoisotopic (exact) mass is 184 g/mol. The Morgan fingerprint density at radius 3 is 3.00 bits per heavy atom. The molecular weight excluding hydrogens is 168 g/mol. The van der Waals surface area contributed by atoms with Crippen LogP contribution in [0.1, 0.15) is 6.42 Å². The van der Waals surface area contributed by atoms with Crippen LogP contribution in [0.15, 0.2) is 0 Å². The first-order chi connectivity index (χ1) is 6.36. The SMILES string of the molecule is O=C1CCOCCN1CC1CNC1. The van der Waals surface area contributed by atoms with E-state index >= 15 is 0 Å². The Bertz CT molecular complexity index is 192. The number of nitrogens with zero attached hydrogens (tertiary/aromatic N) is 1. The van der Waals surface area contributed by atoms with E-state index in [0.29, 0.717) is 25.6 Å². The maximum atomic E-state index is 11.5. The van der Waals surface area contributed by atoms with Crippen molar-refractivity contribution < 1.29 is 9.53 Å². The lowest BCUT2D eigenvalue weighted by atomic mass is 10.0. The van der Waals surface area contributed by atoms with Crippen molar-refractivity contribution in [1.29, 1.82) is 0 Å². The minimum atomic E-state index is 0.254. The molecule has 0 radical (unpaired) electrons. The summed E-state index contributed by atoms with van der Waals surface area (Å²) in [5.74, 6) is 0.923. The van der Waals surface area contributed by atoms with Crippen molar-refractivity contribution in [2.45, 2.75) is 6.42 Å². The number of amides is 1. The number of hydrogen-bond acceptors (Lipinski definition) is 3. The number of ether oxygens (including phenoxy) is 1. The van der Waals surface area contributed by atoms with Crippen LogP contribution < -0.4 is 5.32 Å². The van der Waals surface area contributed by atoms with E-state index in [2.05, 4.69) is 5.32 Å². The first-order valence-corrected chi connectivity index (χ1v) is 4.92. The molecule has 0 aromatic heterocycles. The highest BCUT2D eigenvalue weighted by Crippen LogP contribution is 2.09. The Morgan fingerprint density at radius 1 is 1.46 bits per heavy atom. The van der Waals surface area contributed by atoms with Crippen LogP contribution in [0, 0.1) is 5.92 Å². The van der Waals surface area contributed by atoms with Crippen LogP contribution in [0.4, 0.5) is 0 Å². The van der Waals surface area contributed by atoms with Crippen molar-refractivity contribution in [1.82, 2.24) is 10.2 Å². The molecule has 0 spiro atoms. The number of nitrogens with one attached hydrogen (secondary N) is 1. The normalized spacial score (nSPS) is 25.5. The van der Waals surface area contributed by atoms with Crippen LogP contribution in [-0.2, 0) is 9.53 Å². The molecule has 2 aliphatic rings. The molecule has 13 heavy (non-hydrogen) atoms. The summed E-state index contributed by atoms with van der Waals surface area (Å²) < 4.78 is 5.25. The molecule has 2 rings (SSSR count). The van der Waals surface area contributed by atoms with Gasteiger partial charge in [-0.3, -0.25) is 4.79 Å². The molecule has 0 bridgehead atoms. The van der Waals surface area contributed by atoms with Gasteiger partial charge < -0.3 is 15.0 Å². The number of carbonyl (C=O) groups is 1. The highest BCUT2D eigenvalue weighted by molar-refractivity contribution is 5.76. The molecule has 4 heteroatoms. The molecule has 74 valence electrons. The zero-order valence-electron chi connectivity index (χ0n) is 7.79. The Kier molecular flexibility index (Phi) is 2.80. The zero-order valence-corrected chi connectivity index (χ0v) is 7.79. The third kappa shape index (κ3) is 2.19. The molecule has 0 atom stereocenters. The molecule has 2 heterocycles. The fraction of sp³-hybridized carbons (Fsp3) is 0.889. The van der Waals surface area contributed by atoms with Gasteiger partial charge in [0.15, 0.2) is 0 Å². The molecular formula is C9H16N2O2. The van der Waals surface area contributed by atoms with Gasteiger partial charge >= 0.3 is 0 Å². The van der Waals surface area contributed by atoms with Crippen molar-refractivity contribution in [2.24, 2.45) is 5.92 Å². The van der Waals surface area contributed by atoms with Crippen LogP contribution in [0.25, 0.3) is 0 Å². The van der Waals surface area contributed by atoms with Crippen molar-refractivity contribution in [3.8, 4) is 0 Å². The van der Waals surface area contributed by atoms with Crippen molar-refractivity contribution >= 4 is 5.91 Å². The van der Waals surface area contributed by atoms with Crippen molar-refractivity contribution in [3.05, 3.63) is 0 Å². The second-order valence-corrected chi connectivity index (χ2v) is 3.73. The number of hydrogen-bond donors (Lipinski definition) is 1. The molecule has 0 aliphatic carbocycles. The van der Waals surface area contributed by atoms with Crippen molar-refractivity contribution in [3.63, 3.8) is 0 Å². The summed E-state index contributed by atoms with van der Waals surface area (Å²) in [5, 5.41) is 3.21. The predicted molar refractivity (Wildman–Crippen MR) is 48.4 cm³/mol. The Hall–Kier alpha value is -0.610. The average Bonchev–Trinajstić information content (AvgIpc) is 2.23. The van der Waals surface area contributed by atoms with Gasteiger partial charge in [0.05, 0.1) is 19.6 Å². The third-order valence-electron chi connectivity index (χ3n) is 2.66. The van der Waals surface area contributed by atoms with Gasteiger partial charge in [-0.15, -0.1) is 0 Å². The van der Waals surface area contributed by atoms with Crippen LogP contribution in [0.3, 0.4) is 0 Å². The lowest BCUT2D eigenvalue weighted by molar-refractivity contribution is -0.131. The molecule has 0 aromatic carbocycles. The van der Waals surface area contributed by atoms with Gasteiger partial charge in [0, 0.05) is 32.1 Å². The minimum absolute atomic E-state index is 0.254. The summed E-state index contributed by atoms with van der Waals surface area (Å²) in [7, 11) is 0. The fourth-order valence-corrected chi connectivity index (χ4v) is 1.70. The zero-order chi connectivity index (χ0) is 9.10. The van der Waals surface area contributed by atoms with Gasteiger partial charge in [-0.25, -0.2) is 0 Å². The Morgan fingerprint density at radius 2 is 2.31 bits per heavy atom. The largest absolute Gasteiger partial charge is 0.379 e. The Balaban J connectivity index is 1.83. The predicted octanol–water partition coefficient (Wildman–Crippen LogP) is -0.545. The standard InChI is InChI=1S/C9H16N2O2/c12-9-1-3-13-4-2-11(9)7-8-5-10-6-8/h8,10H,1-7H2. The molecule has 0 saturated carbocycles. The maximum Gasteiger partial charge on any atom is 0.224 e. The molecule has 0 aromatic rings. The summed E-state index contributed by atoms with van der Waals surface area (Å²) in [4.78, 5) is 13.5. The quantitative estimate of drug-likeness (QED) is 0.626. The average molecular weight is 184 g/mol. The number of carbonyl (C=O) groups excluding carboxylic acids is 1. The summed E-state index contributed by atoms with van der Waals surface area (Å²) in [5.41, 5.74) is 0. The van der Waals surface area contributed by atoms with Gasteiger partial charge in [0.2, 0.25) is 5.91 Å². The van der Waals surface area contributed by atoms with E-state index in [1.54, 1.807) is 0 Å². The minimum Gasteiger partial charge on any atom is -0.379 e. The topological polar surface area (TPSA) is 41.6 Å². The fourth-order valence-electron chi connectivity index (χ4n) is 1.70. The first kappa shape index (κ1) is 8.97. The van der Waals surface area contributed by atoms with Crippen LogP contribution >= 0.6 is 0 Å². The lowest BCUT2D eigenvalue weighted by Gasteiger charge is -2.32. The van der Waals surface area contributed by atoms with Gasteiger partial charge in [0.25, 0.3) is 0 Å². The van der Waals surface area contributed by atoms with E-state index in [9.17, 15) is 4.79 Å². The van der Waals surface area contributed by atoms with Gasteiger partial charge in [-0.1, -0.05) is 0 Å². The smallest absolute Gasteiger partial charge is 0.224 e. The molecule has 2 saturated heterocycles. The highest BCUT2D eigenvalue weighted by Gasteiger charge is 2.24. The Labute approximate surface area is 78.2 Å². The third-order valence-corrected chi connectivity index (χ3v) is 2.66. The van der Waals surface area contributed by atoms with E-state index in [4.69, 9.17) is 4.74 Å². The molecule has 0 unspecified atom stereocenters. The second-order valence-electron chi connectivity index (χ2n) is 3.73. The summed E-state index contributed by atoms with van der Waals surface area (Å²) in [6.07, 6.45) is 0.556. The van der Waals surface area contributed by atoms with Crippen LogP contribution in [-0.4, -0.2) is 50.2 Å². The molecule has 4 nitrogen and oxygen atoms in total. The van der Waals surface area contributed by atoms with Crippen molar-refractivity contribution in [2.75, 3.05) is 39.4 Å². The van der Waals surface area contributed by atoms with Gasteiger partial charge in [-0.05, 0) is 0 Å². The van der Waals surface area contributed by atoms with E-state index in [-0.39, 0.29) is 5.91 Å². The summed E-state index contributed by atoms with van der Waals surface area (Å²) in [6, 6.07) is 0. The van der Waals surface area contributed by atoms with Gasteiger partial charge in [-0.2, -0.15) is 0 Å². The summed E-state index contributed by atoms with van der Waals surface area (Å²) >= 11 is 0. The number of rotatable bonds is 2. The molecule has 1 N–H and O–H groups in total. The van der Waals surface area contributed by atoms with Gasteiger partial charge in [0.1, 0.15) is 0 Å². The lowest BCUT2D eigenvalue weighted by Crippen LogP contribution is -2.49. The van der Waals surface area contributed by atoms with E-state index < -0.39 is 0 Å². The van der Waals surface area contributed by atoms with Crippen LogP contribution in [0.5, 0.6) is 0 Å². The molecule has 2 fully saturated rings. The van der Waals surface area contributed by atoms with E-state index in [1.165, 1.54) is 0 Å². The molecule has 1 amide bonds. The van der Waals surface area contributed by atoms with E-state index in [1.807, 2.05) is 4.90 Å².